The van der Waals surface area contributed by atoms with Crippen molar-refractivity contribution in [1.82, 2.24) is 24.2 Å². The number of nitrogens with two attached hydrogens (primary N) is 1. The van der Waals surface area contributed by atoms with Crippen molar-refractivity contribution < 1.29 is 29.0 Å². The van der Waals surface area contributed by atoms with Crippen LogP contribution in [0, 0.1) is 18.8 Å². The molecule has 3 aromatic rings. The van der Waals surface area contributed by atoms with Crippen LogP contribution in [0.5, 0.6) is 0 Å². The maximum absolute atomic E-state index is 13.2. The Bertz CT molecular complexity index is 1710. The van der Waals surface area contributed by atoms with E-state index in [1.54, 1.807) is 26.8 Å². The van der Waals surface area contributed by atoms with Crippen LogP contribution in [-0.2, 0) is 9.47 Å². The number of imidazole rings is 1. The van der Waals surface area contributed by atoms with Gasteiger partial charge in [-0.05, 0) is 65.0 Å². The van der Waals surface area contributed by atoms with E-state index in [-0.39, 0.29) is 30.2 Å². The number of ether oxygens (including phenoxy) is 2. The molecule has 0 radical (unpaired) electrons. The number of carboxylic acid groups (broad SMARTS) is 1. The smallest absolute Gasteiger partial charge is 0.415 e. The lowest BCUT2D eigenvalue weighted by atomic mass is 10.1. The Morgan fingerprint density at radius 1 is 1.20 bits per heavy atom. The molecule has 1 aliphatic carbocycles. The fourth-order valence-corrected chi connectivity index (χ4v) is 5.84. The van der Waals surface area contributed by atoms with Gasteiger partial charge in [0.2, 0.25) is 0 Å². The fourth-order valence-electron chi connectivity index (χ4n) is 5.64. The summed E-state index contributed by atoms with van der Waals surface area (Å²) < 4.78 is 14.4. The van der Waals surface area contributed by atoms with Crippen molar-refractivity contribution in [2.24, 2.45) is 5.73 Å². The number of aromatic nitrogens is 4. The zero-order valence-electron chi connectivity index (χ0n) is 25.5. The maximum atomic E-state index is 13.2. The Balaban J connectivity index is 1.62. The van der Waals surface area contributed by atoms with E-state index < -0.39 is 35.8 Å². The Morgan fingerprint density at radius 2 is 1.91 bits per heavy atom. The van der Waals surface area contributed by atoms with E-state index in [9.17, 15) is 19.5 Å². The molecule has 0 unspecified atom stereocenters. The van der Waals surface area contributed by atoms with Crippen LogP contribution >= 0.6 is 11.6 Å². The zero-order valence-corrected chi connectivity index (χ0v) is 26.3. The predicted molar refractivity (Wildman–Crippen MR) is 163 cm³/mol. The molecule has 0 bridgehead atoms. The van der Waals surface area contributed by atoms with Crippen molar-refractivity contribution in [3.05, 3.63) is 39.8 Å². The molecule has 2 atom stereocenters. The number of carbonyl (C=O) groups is 3. The lowest BCUT2D eigenvalue weighted by Gasteiger charge is -2.26. The van der Waals surface area contributed by atoms with Gasteiger partial charge in [0, 0.05) is 32.3 Å². The molecule has 3 heterocycles. The van der Waals surface area contributed by atoms with E-state index in [2.05, 4.69) is 26.5 Å². The Kier molecular flexibility index (Phi) is 8.26. The van der Waals surface area contributed by atoms with Crippen LogP contribution in [0.15, 0.2) is 12.1 Å². The lowest BCUT2D eigenvalue weighted by molar-refractivity contribution is 0.0586. The van der Waals surface area contributed by atoms with Crippen LogP contribution in [0.4, 0.5) is 15.4 Å². The average molecular weight is 626 g/mol. The summed E-state index contributed by atoms with van der Waals surface area (Å²) in [5, 5.41) is 14.9. The topological polar surface area (TPSA) is 158 Å². The summed E-state index contributed by atoms with van der Waals surface area (Å²) in [4.78, 5) is 45.2. The first-order chi connectivity index (χ1) is 20.7. The fraction of sp³-hybridized carbons (Fsp3) is 0.500. The molecule has 1 aliphatic heterocycles. The lowest BCUT2D eigenvalue weighted by Crippen LogP contribution is -2.38. The molecule has 14 heteroatoms. The van der Waals surface area contributed by atoms with Gasteiger partial charge in [0.25, 0.3) is 5.91 Å². The number of halogens is 1. The molecule has 1 saturated carbocycles. The van der Waals surface area contributed by atoms with Crippen LogP contribution < -0.4 is 10.6 Å². The van der Waals surface area contributed by atoms with Gasteiger partial charge in [-0.1, -0.05) is 17.5 Å². The van der Waals surface area contributed by atoms with Crippen LogP contribution in [0.25, 0.3) is 11.0 Å². The van der Waals surface area contributed by atoms with Gasteiger partial charge >= 0.3 is 12.2 Å². The van der Waals surface area contributed by atoms with Crippen molar-refractivity contribution in [2.75, 3.05) is 32.2 Å². The van der Waals surface area contributed by atoms with Gasteiger partial charge in [0.15, 0.2) is 11.5 Å². The predicted octanol–water partition coefficient (Wildman–Crippen LogP) is 4.34. The van der Waals surface area contributed by atoms with Crippen LogP contribution in [0.3, 0.4) is 0 Å². The van der Waals surface area contributed by atoms with Gasteiger partial charge in [0.05, 0.1) is 34.7 Å². The molecule has 2 aliphatic rings. The second kappa shape index (κ2) is 11.7. The molecule has 2 aromatic heterocycles. The van der Waals surface area contributed by atoms with Crippen LogP contribution in [-0.4, -0.2) is 86.4 Å². The number of amides is 3. The number of likely N-dealkylation sites (tertiary alicyclic amines) is 1. The second-order valence-electron chi connectivity index (χ2n) is 12.2. The van der Waals surface area contributed by atoms with Crippen molar-refractivity contribution in [3.63, 3.8) is 0 Å². The highest BCUT2D eigenvalue weighted by Gasteiger charge is 2.40. The molecule has 1 aromatic carbocycles. The SMILES string of the molecule is COC[C@H]1C[C@H](n2nc(C#Cc3cc4nc(C)n(C5CC5)c4cc3Cl)c(C(N)=O)c2N(C)C(=O)OC(C)(C)C)CN1C(=O)O. The highest BCUT2D eigenvalue weighted by molar-refractivity contribution is 6.32. The highest BCUT2D eigenvalue weighted by Crippen LogP contribution is 2.39. The Morgan fingerprint density at radius 3 is 2.50 bits per heavy atom. The number of anilines is 1. The van der Waals surface area contributed by atoms with Gasteiger partial charge in [0.1, 0.15) is 17.0 Å². The number of hydrogen-bond acceptors (Lipinski definition) is 7. The number of fused-ring (bicyclic) bond motifs is 1. The molecule has 2 fully saturated rings. The Labute approximate surface area is 259 Å². The van der Waals surface area contributed by atoms with Crippen LogP contribution in [0.1, 0.15) is 79.6 Å². The number of carbonyl (C=O) groups excluding carboxylic acids is 2. The first-order valence-electron chi connectivity index (χ1n) is 14.3. The summed E-state index contributed by atoms with van der Waals surface area (Å²) in [6.07, 6.45) is 0.636. The van der Waals surface area contributed by atoms with Crippen molar-refractivity contribution in [1.29, 1.82) is 0 Å². The van der Waals surface area contributed by atoms with E-state index in [4.69, 9.17) is 26.8 Å². The quantitative estimate of drug-likeness (QED) is 0.383. The molecular formula is C30H36ClN7O6. The normalized spacial score (nSPS) is 18.3. The Hall–Kier alpha value is -4.28. The highest BCUT2D eigenvalue weighted by atomic mass is 35.5. The maximum Gasteiger partial charge on any atom is 0.415 e. The van der Waals surface area contributed by atoms with Crippen molar-refractivity contribution in [3.8, 4) is 11.8 Å². The number of methoxy groups -OCH3 is 1. The van der Waals surface area contributed by atoms with Gasteiger partial charge in [-0.15, -0.1) is 0 Å². The first-order valence-corrected chi connectivity index (χ1v) is 14.7. The van der Waals surface area contributed by atoms with Gasteiger partial charge in [-0.2, -0.15) is 5.10 Å². The van der Waals surface area contributed by atoms with E-state index in [1.165, 1.54) is 23.7 Å². The molecule has 1 saturated heterocycles. The standard InChI is InChI=1S/C30H36ClN7O6/c1-16-33-23-11-17(21(31)13-24(23)37(16)18-8-9-18)7-10-22-25(26(32)39)27(35(5)29(42)44-30(2,3)4)38(34-22)19-12-20(15-43-6)36(14-19)28(40)41/h11,13,18-20H,8-9,12,14-15H2,1-6H3,(H2,32,39)(H,40,41)/t19-,20+/m0/s1. The summed E-state index contributed by atoms with van der Waals surface area (Å²) in [6, 6.07) is 3.02. The number of rotatable bonds is 6. The first kappa shape index (κ1) is 31.2. The summed E-state index contributed by atoms with van der Waals surface area (Å²) in [6.45, 7) is 7.31. The minimum absolute atomic E-state index is 0.0100. The summed E-state index contributed by atoms with van der Waals surface area (Å²) in [5.41, 5.74) is 7.10. The molecule has 44 heavy (non-hydrogen) atoms. The van der Waals surface area contributed by atoms with Gasteiger partial charge in [-0.3, -0.25) is 9.69 Å². The number of nitrogens with zero attached hydrogens (tertiary/aromatic N) is 6. The third-order valence-corrected chi connectivity index (χ3v) is 7.95. The monoisotopic (exact) mass is 625 g/mol. The molecule has 5 rings (SSSR count). The summed E-state index contributed by atoms with van der Waals surface area (Å²) >= 11 is 6.66. The molecule has 3 N–H and O–H groups in total. The van der Waals surface area contributed by atoms with Gasteiger partial charge < -0.3 is 29.8 Å². The molecular weight excluding hydrogens is 590 g/mol. The average Bonchev–Trinajstić information content (AvgIpc) is 3.41. The number of aryl methyl sites for hydroxylation is 1. The minimum atomic E-state index is -1.12. The van der Waals surface area contributed by atoms with Crippen molar-refractivity contribution >= 4 is 46.5 Å². The van der Waals surface area contributed by atoms with E-state index in [0.717, 1.165) is 34.6 Å². The second-order valence-corrected chi connectivity index (χ2v) is 12.6. The van der Waals surface area contributed by atoms with E-state index in [0.29, 0.717) is 23.0 Å². The summed E-state index contributed by atoms with van der Waals surface area (Å²) in [5.74, 6) is 6.02. The largest absolute Gasteiger partial charge is 0.465 e. The molecule has 13 nitrogen and oxygen atoms in total. The molecule has 3 amide bonds. The number of hydrogen-bond donors (Lipinski definition) is 2. The van der Waals surface area contributed by atoms with E-state index >= 15 is 0 Å². The third kappa shape index (κ3) is 6.05. The molecule has 234 valence electrons. The number of benzene rings is 1. The minimum Gasteiger partial charge on any atom is -0.465 e. The molecule has 0 spiro atoms. The van der Waals surface area contributed by atoms with Crippen LogP contribution in [0.2, 0.25) is 5.02 Å². The number of primary amides is 1. The third-order valence-electron chi connectivity index (χ3n) is 7.64. The van der Waals surface area contributed by atoms with E-state index in [1.807, 2.05) is 13.0 Å². The van der Waals surface area contributed by atoms with Gasteiger partial charge in [-0.25, -0.2) is 19.3 Å². The zero-order chi connectivity index (χ0) is 32.1. The summed E-state index contributed by atoms with van der Waals surface area (Å²) in [7, 11) is 2.92. The van der Waals surface area contributed by atoms with Crippen molar-refractivity contribution in [2.45, 2.75) is 70.7 Å².